The molecule has 3 heteroatoms. The molecule has 0 aliphatic heterocycles. The van der Waals surface area contributed by atoms with E-state index in [2.05, 4.69) is 17.2 Å². The molecule has 96 valence electrons. The Morgan fingerprint density at radius 1 is 1.41 bits per heavy atom. The molecule has 1 saturated carbocycles. The molecule has 3 nitrogen and oxygen atoms in total. The summed E-state index contributed by atoms with van der Waals surface area (Å²) in [6, 6.07) is 0.376. The van der Waals surface area contributed by atoms with Crippen LogP contribution in [-0.2, 0) is 0 Å². The van der Waals surface area contributed by atoms with Crippen LogP contribution in [0.4, 0.5) is 0 Å². The average Bonchev–Trinajstić information content (AvgIpc) is 2.77. The number of aryl methyl sites for hydroxylation is 1. The summed E-state index contributed by atoms with van der Waals surface area (Å²) in [6.07, 6.45) is 10.0. The Morgan fingerprint density at radius 3 is 2.76 bits per heavy atom. The fraction of sp³-hybridized carbons (Fsp3) is 0.786. The summed E-state index contributed by atoms with van der Waals surface area (Å²) in [4.78, 5) is 4.47. The van der Waals surface area contributed by atoms with Gasteiger partial charge in [0.05, 0.1) is 11.7 Å². The van der Waals surface area contributed by atoms with E-state index >= 15 is 0 Å². The maximum absolute atomic E-state index is 5.33. The van der Waals surface area contributed by atoms with Crippen molar-refractivity contribution in [1.82, 2.24) is 10.3 Å². The SMILES string of the molecule is CCNC(CC1CCCCC1)c1coc(C)n1. The van der Waals surface area contributed by atoms with Gasteiger partial charge in [-0.05, 0) is 18.9 Å². The number of aromatic nitrogens is 1. The van der Waals surface area contributed by atoms with Gasteiger partial charge in [-0.3, -0.25) is 0 Å². The second-order valence-corrected chi connectivity index (χ2v) is 5.14. The van der Waals surface area contributed by atoms with Crippen molar-refractivity contribution < 1.29 is 4.42 Å². The smallest absolute Gasteiger partial charge is 0.191 e. The van der Waals surface area contributed by atoms with E-state index in [-0.39, 0.29) is 0 Å². The zero-order valence-electron chi connectivity index (χ0n) is 11.0. The van der Waals surface area contributed by atoms with Crippen LogP contribution in [0.3, 0.4) is 0 Å². The minimum Gasteiger partial charge on any atom is -0.449 e. The molecular weight excluding hydrogens is 212 g/mol. The monoisotopic (exact) mass is 236 g/mol. The van der Waals surface area contributed by atoms with Crippen molar-refractivity contribution in [2.75, 3.05) is 6.54 Å². The molecule has 1 aliphatic carbocycles. The van der Waals surface area contributed by atoms with E-state index in [1.54, 1.807) is 0 Å². The molecule has 0 spiro atoms. The molecular formula is C14H24N2O. The Hall–Kier alpha value is -0.830. The van der Waals surface area contributed by atoms with Crippen LogP contribution in [0.15, 0.2) is 10.7 Å². The number of nitrogens with one attached hydrogen (secondary N) is 1. The van der Waals surface area contributed by atoms with E-state index in [9.17, 15) is 0 Å². The zero-order valence-corrected chi connectivity index (χ0v) is 11.0. The molecule has 0 bridgehead atoms. The molecule has 0 aromatic carbocycles. The van der Waals surface area contributed by atoms with Crippen LogP contribution >= 0.6 is 0 Å². The van der Waals surface area contributed by atoms with Crippen molar-refractivity contribution in [3.05, 3.63) is 17.8 Å². The van der Waals surface area contributed by atoms with E-state index in [0.29, 0.717) is 6.04 Å². The minimum atomic E-state index is 0.376. The van der Waals surface area contributed by atoms with E-state index in [0.717, 1.165) is 24.0 Å². The summed E-state index contributed by atoms with van der Waals surface area (Å²) in [5.74, 6) is 1.64. The number of nitrogens with zero attached hydrogens (tertiary/aromatic N) is 1. The van der Waals surface area contributed by atoms with Gasteiger partial charge in [-0.1, -0.05) is 39.0 Å². The zero-order chi connectivity index (χ0) is 12.1. The topological polar surface area (TPSA) is 38.1 Å². The normalized spacial score (nSPS) is 19.4. The second kappa shape index (κ2) is 6.20. The van der Waals surface area contributed by atoms with Crippen molar-refractivity contribution >= 4 is 0 Å². The van der Waals surface area contributed by atoms with Gasteiger partial charge in [0, 0.05) is 6.92 Å². The number of hydrogen-bond donors (Lipinski definition) is 1. The van der Waals surface area contributed by atoms with Gasteiger partial charge in [-0.2, -0.15) is 0 Å². The Bertz CT molecular complexity index is 329. The maximum atomic E-state index is 5.33. The minimum absolute atomic E-state index is 0.376. The highest BCUT2D eigenvalue weighted by Gasteiger charge is 2.21. The van der Waals surface area contributed by atoms with Gasteiger partial charge < -0.3 is 9.73 Å². The van der Waals surface area contributed by atoms with Crippen molar-refractivity contribution in [2.45, 2.75) is 58.4 Å². The Balaban J connectivity index is 1.96. The quantitative estimate of drug-likeness (QED) is 0.848. The average molecular weight is 236 g/mol. The summed E-state index contributed by atoms with van der Waals surface area (Å²) in [5, 5.41) is 3.54. The third kappa shape index (κ3) is 3.56. The van der Waals surface area contributed by atoms with Crippen LogP contribution in [-0.4, -0.2) is 11.5 Å². The standard InChI is InChI=1S/C14H24N2O/c1-3-15-13(14-10-17-11(2)16-14)9-12-7-5-4-6-8-12/h10,12-13,15H,3-9H2,1-2H3. The number of hydrogen-bond acceptors (Lipinski definition) is 3. The molecule has 1 aromatic rings. The Kier molecular flexibility index (Phi) is 4.60. The van der Waals surface area contributed by atoms with Crippen LogP contribution in [0.2, 0.25) is 0 Å². The summed E-state index contributed by atoms with van der Waals surface area (Å²) < 4.78 is 5.33. The third-order valence-corrected chi connectivity index (χ3v) is 3.74. The first kappa shape index (κ1) is 12.6. The van der Waals surface area contributed by atoms with Gasteiger partial charge in [-0.15, -0.1) is 0 Å². The Labute approximate surface area is 104 Å². The van der Waals surface area contributed by atoms with Crippen LogP contribution in [0, 0.1) is 12.8 Å². The number of oxazole rings is 1. The second-order valence-electron chi connectivity index (χ2n) is 5.14. The van der Waals surface area contributed by atoms with E-state index < -0.39 is 0 Å². The highest BCUT2D eigenvalue weighted by molar-refractivity contribution is 5.03. The van der Waals surface area contributed by atoms with Crippen molar-refractivity contribution in [2.24, 2.45) is 5.92 Å². The van der Waals surface area contributed by atoms with Gasteiger partial charge in [0.25, 0.3) is 0 Å². The molecule has 0 saturated heterocycles. The molecule has 2 rings (SSSR count). The lowest BCUT2D eigenvalue weighted by molar-refractivity contribution is 0.299. The highest BCUT2D eigenvalue weighted by Crippen LogP contribution is 2.31. The molecule has 1 aliphatic rings. The summed E-state index contributed by atoms with van der Waals surface area (Å²) in [7, 11) is 0. The van der Waals surface area contributed by atoms with Crippen molar-refractivity contribution in [3.8, 4) is 0 Å². The van der Waals surface area contributed by atoms with Crippen molar-refractivity contribution in [1.29, 1.82) is 0 Å². The lowest BCUT2D eigenvalue weighted by Crippen LogP contribution is -2.24. The lowest BCUT2D eigenvalue weighted by Gasteiger charge is -2.25. The van der Waals surface area contributed by atoms with Crippen LogP contribution in [0.5, 0.6) is 0 Å². The summed E-state index contributed by atoms with van der Waals surface area (Å²) in [5.41, 5.74) is 1.08. The Morgan fingerprint density at radius 2 is 2.18 bits per heavy atom. The number of rotatable bonds is 5. The highest BCUT2D eigenvalue weighted by atomic mass is 16.3. The van der Waals surface area contributed by atoms with Crippen LogP contribution < -0.4 is 5.32 Å². The van der Waals surface area contributed by atoms with Gasteiger partial charge in [-0.25, -0.2) is 4.98 Å². The summed E-state index contributed by atoms with van der Waals surface area (Å²) >= 11 is 0. The predicted octanol–water partition coefficient (Wildman–Crippen LogP) is 3.60. The van der Waals surface area contributed by atoms with Gasteiger partial charge in [0.15, 0.2) is 5.89 Å². The molecule has 1 aromatic heterocycles. The van der Waals surface area contributed by atoms with E-state index in [1.807, 2.05) is 13.2 Å². The molecule has 1 fully saturated rings. The first-order valence-corrected chi connectivity index (χ1v) is 6.95. The maximum Gasteiger partial charge on any atom is 0.191 e. The summed E-state index contributed by atoms with van der Waals surface area (Å²) in [6.45, 7) is 5.05. The van der Waals surface area contributed by atoms with Crippen LogP contribution in [0.25, 0.3) is 0 Å². The van der Waals surface area contributed by atoms with Gasteiger partial charge >= 0.3 is 0 Å². The van der Waals surface area contributed by atoms with E-state index in [1.165, 1.54) is 38.5 Å². The van der Waals surface area contributed by atoms with E-state index in [4.69, 9.17) is 4.42 Å². The molecule has 1 atom stereocenters. The third-order valence-electron chi connectivity index (χ3n) is 3.74. The fourth-order valence-corrected chi connectivity index (χ4v) is 2.85. The van der Waals surface area contributed by atoms with Crippen LogP contribution in [0.1, 0.15) is 63.1 Å². The molecule has 0 amide bonds. The fourth-order valence-electron chi connectivity index (χ4n) is 2.85. The van der Waals surface area contributed by atoms with Gasteiger partial charge in [0.1, 0.15) is 6.26 Å². The van der Waals surface area contributed by atoms with Gasteiger partial charge in [0.2, 0.25) is 0 Å². The molecule has 1 N–H and O–H groups in total. The molecule has 1 heterocycles. The molecule has 1 unspecified atom stereocenters. The largest absolute Gasteiger partial charge is 0.449 e. The first-order chi connectivity index (χ1) is 8.29. The first-order valence-electron chi connectivity index (χ1n) is 6.95. The molecule has 0 radical (unpaired) electrons. The molecule has 17 heavy (non-hydrogen) atoms. The van der Waals surface area contributed by atoms with Crippen molar-refractivity contribution in [3.63, 3.8) is 0 Å². The lowest BCUT2D eigenvalue weighted by atomic mass is 9.84. The predicted molar refractivity (Wildman–Crippen MR) is 68.8 cm³/mol.